The summed E-state index contributed by atoms with van der Waals surface area (Å²) in [5.74, 6) is -0.429. The quantitative estimate of drug-likeness (QED) is 0.646. The Morgan fingerprint density at radius 1 is 1.38 bits per heavy atom. The van der Waals surface area contributed by atoms with Crippen molar-refractivity contribution in [1.82, 2.24) is 5.32 Å². The zero-order valence-corrected chi connectivity index (χ0v) is 15.2. The second-order valence-corrected chi connectivity index (χ2v) is 6.92. The number of ether oxygens (including phenoxy) is 3. The molecule has 8 heteroatoms. The number of rotatable bonds is 7. The number of primary amides is 1. The molecule has 26 heavy (non-hydrogen) atoms. The van der Waals surface area contributed by atoms with Gasteiger partial charge in [-0.3, -0.25) is 9.59 Å². The van der Waals surface area contributed by atoms with E-state index in [0.29, 0.717) is 12.4 Å². The third-order valence-corrected chi connectivity index (χ3v) is 4.25. The topological polar surface area (TPSA) is 120 Å². The highest BCUT2D eigenvalue weighted by atomic mass is 16.7. The first-order chi connectivity index (χ1) is 12.2. The van der Waals surface area contributed by atoms with Crippen molar-refractivity contribution in [1.29, 1.82) is 0 Å². The first kappa shape index (κ1) is 20.2. The van der Waals surface area contributed by atoms with Gasteiger partial charge in [-0.2, -0.15) is 0 Å². The maximum absolute atomic E-state index is 12.5. The fourth-order valence-corrected chi connectivity index (χ4v) is 2.63. The van der Waals surface area contributed by atoms with E-state index in [2.05, 4.69) is 5.32 Å². The lowest BCUT2D eigenvalue weighted by Gasteiger charge is -2.41. The van der Waals surface area contributed by atoms with Crippen LogP contribution in [0.4, 0.5) is 0 Å². The Labute approximate surface area is 152 Å². The number of hydrogen-bond acceptors (Lipinski definition) is 6. The van der Waals surface area contributed by atoms with Crippen molar-refractivity contribution in [3.63, 3.8) is 0 Å². The molecule has 1 aromatic carbocycles. The van der Waals surface area contributed by atoms with Crippen LogP contribution in [0.25, 0.3) is 0 Å². The van der Waals surface area contributed by atoms with Gasteiger partial charge in [0.05, 0.1) is 13.7 Å². The van der Waals surface area contributed by atoms with Gasteiger partial charge in [-0.1, -0.05) is 26.0 Å². The first-order valence-corrected chi connectivity index (χ1v) is 8.40. The number of nitrogens with one attached hydrogen (secondary N) is 1. The van der Waals surface area contributed by atoms with Crippen molar-refractivity contribution in [2.75, 3.05) is 20.3 Å². The maximum atomic E-state index is 12.5. The van der Waals surface area contributed by atoms with Gasteiger partial charge in [-0.25, -0.2) is 0 Å². The van der Waals surface area contributed by atoms with Crippen LogP contribution in [0.5, 0.6) is 5.75 Å². The number of amides is 2. The molecule has 4 N–H and O–H groups in total. The monoisotopic (exact) mass is 366 g/mol. The van der Waals surface area contributed by atoms with E-state index >= 15 is 0 Å². The van der Waals surface area contributed by atoms with Crippen molar-refractivity contribution in [3.05, 3.63) is 29.8 Å². The van der Waals surface area contributed by atoms with Crippen LogP contribution in [-0.2, 0) is 19.1 Å². The molecular weight excluding hydrogens is 340 g/mol. The van der Waals surface area contributed by atoms with Gasteiger partial charge in [0.15, 0.2) is 6.29 Å². The van der Waals surface area contributed by atoms with Crippen molar-refractivity contribution in [3.8, 4) is 5.75 Å². The van der Waals surface area contributed by atoms with Crippen molar-refractivity contribution >= 4 is 11.8 Å². The number of hydrogen-bond donors (Lipinski definition) is 3. The van der Waals surface area contributed by atoms with E-state index in [1.807, 2.05) is 26.0 Å². The van der Waals surface area contributed by atoms with Crippen molar-refractivity contribution in [2.45, 2.75) is 38.8 Å². The van der Waals surface area contributed by atoms with Crippen molar-refractivity contribution in [2.24, 2.45) is 11.1 Å². The summed E-state index contributed by atoms with van der Waals surface area (Å²) in [7, 11) is 1.58. The Hall–Kier alpha value is -2.16. The molecular formula is C18H26N2O6. The van der Waals surface area contributed by atoms with Crippen molar-refractivity contribution < 1.29 is 28.9 Å². The Bertz CT molecular complexity index is 631. The number of aliphatic hydroxyl groups excluding tert-OH is 1. The lowest BCUT2D eigenvalue weighted by atomic mass is 9.85. The van der Waals surface area contributed by atoms with Gasteiger partial charge >= 0.3 is 0 Å². The Morgan fingerprint density at radius 2 is 2.04 bits per heavy atom. The van der Waals surface area contributed by atoms with Gasteiger partial charge in [0.1, 0.15) is 18.0 Å². The molecule has 1 saturated heterocycles. The van der Waals surface area contributed by atoms with E-state index in [1.165, 1.54) is 0 Å². The van der Waals surface area contributed by atoms with Crippen LogP contribution < -0.4 is 15.8 Å². The second-order valence-electron chi connectivity index (χ2n) is 6.92. The second kappa shape index (κ2) is 8.48. The summed E-state index contributed by atoms with van der Waals surface area (Å²) < 4.78 is 16.8. The molecule has 0 aliphatic carbocycles. The maximum Gasteiger partial charge on any atom is 0.249 e. The standard InChI is InChI=1S/C18H26N2O6/c1-18(2)10-25-17(11-4-6-12(24-3)7-5-11)26-14(18)16(23)20-9-8-13(21)15(19)22/h4-7,13-14,17,21H,8-10H2,1-3H3,(H2,19,22)(H,20,23)/t13?,14-,17?/m0/s1. The molecule has 0 bridgehead atoms. The molecule has 0 saturated carbocycles. The normalized spacial score (nSPS) is 23.1. The molecule has 1 aliphatic rings. The SMILES string of the molecule is COc1ccc(C2OCC(C)(C)[C@H](C(=O)NCCC(O)C(N)=O)O2)cc1. The third-order valence-electron chi connectivity index (χ3n) is 4.25. The fourth-order valence-electron chi connectivity index (χ4n) is 2.63. The molecule has 1 heterocycles. The van der Waals surface area contributed by atoms with Crippen LogP contribution in [0.3, 0.4) is 0 Å². The molecule has 1 aromatic rings. The van der Waals surface area contributed by atoms with E-state index in [9.17, 15) is 14.7 Å². The van der Waals surface area contributed by atoms with Gasteiger partial charge in [0.25, 0.3) is 0 Å². The highest BCUT2D eigenvalue weighted by molar-refractivity contribution is 5.82. The van der Waals surface area contributed by atoms with E-state index in [4.69, 9.17) is 19.9 Å². The van der Waals surface area contributed by atoms with Crippen LogP contribution in [0.2, 0.25) is 0 Å². The minimum atomic E-state index is -1.29. The molecule has 0 spiro atoms. The number of nitrogens with two attached hydrogens (primary N) is 1. The van der Waals surface area contributed by atoms with Crippen LogP contribution in [0.1, 0.15) is 32.1 Å². The predicted molar refractivity (Wildman–Crippen MR) is 93.2 cm³/mol. The van der Waals surface area contributed by atoms with Crippen LogP contribution >= 0.6 is 0 Å². The number of aliphatic hydroxyl groups is 1. The third kappa shape index (κ3) is 4.94. The number of carbonyl (C=O) groups excluding carboxylic acids is 2. The fraction of sp³-hybridized carbons (Fsp3) is 0.556. The summed E-state index contributed by atoms with van der Waals surface area (Å²) in [6, 6.07) is 7.23. The summed E-state index contributed by atoms with van der Waals surface area (Å²) in [5.41, 5.74) is 5.24. The van der Waals surface area contributed by atoms with Gasteiger partial charge < -0.3 is 30.4 Å². The van der Waals surface area contributed by atoms with Gasteiger partial charge in [-0.05, 0) is 18.6 Å². The molecule has 2 amide bonds. The number of benzene rings is 1. The predicted octanol–water partition coefficient (Wildman–Crippen LogP) is 0.488. The summed E-state index contributed by atoms with van der Waals surface area (Å²) >= 11 is 0. The van der Waals surface area contributed by atoms with Crippen LogP contribution in [0.15, 0.2) is 24.3 Å². The molecule has 2 unspecified atom stereocenters. The van der Waals surface area contributed by atoms with E-state index < -0.39 is 29.8 Å². The zero-order valence-electron chi connectivity index (χ0n) is 15.2. The average molecular weight is 366 g/mol. The van der Waals surface area contributed by atoms with Gasteiger partial charge in [0, 0.05) is 17.5 Å². The molecule has 1 fully saturated rings. The minimum absolute atomic E-state index is 0.0482. The lowest BCUT2D eigenvalue weighted by Crippen LogP contribution is -2.52. The summed E-state index contributed by atoms with van der Waals surface area (Å²) in [4.78, 5) is 23.4. The Balaban J connectivity index is 2.00. The smallest absolute Gasteiger partial charge is 0.249 e. The van der Waals surface area contributed by atoms with E-state index in [1.54, 1.807) is 19.2 Å². The molecule has 2 rings (SSSR count). The molecule has 3 atom stereocenters. The van der Waals surface area contributed by atoms with E-state index in [0.717, 1.165) is 5.56 Å². The molecule has 0 radical (unpaired) electrons. The molecule has 1 aliphatic heterocycles. The number of methoxy groups -OCH3 is 1. The highest BCUT2D eigenvalue weighted by Crippen LogP contribution is 2.36. The molecule has 144 valence electrons. The number of carbonyl (C=O) groups is 2. The summed E-state index contributed by atoms with van der Waals surface area (Å²) in [6.07, 6.45) is -2.65. The molecule has 0 aromatic heterocycles. The Morgan fingerprint density at radius 3 is 2.62 bits per heavy atom. The summed E-state index contributed by atoms with van der Waals surface area (Å²) in [6.45, 7) is 4.21. The largest absolute Gasteiger partial charge is 0.497 e. The average Bonchev–Trinajstić information content (AvgIpc) is 2.61. The van der Waals surface area contributed by atoms with Gasteiger partial charge in [-0.15, -0.1) is 0 Å². The van der Waals surface area contributed by atoms with Crippen LogP contribution in [0, 0.1) is 5.41 Å². The van der Waals surface area contributed by atoms with Gasteiger partial charge in [0.2, 0.25) is 11.8 Å². The first-order valence-electron chi connectivity index (χ1n) is 8.40. The highest BCUT2D eigenvalue weighted by Gasteiger charge is 2.43. The summed E-state index contributed by atoms with van der Waals surface area (Å²) in [5, 5.41) is 12.1. The Kier molecular flexibility index (Phi) is 6.57. The minimum Gasteiger partial charge on any atom is -0.497 e. The zero-order chi connectivity index (χ0) is 19.3. The van der Waals surface area contributed by atoms with E-state index in [-0.39, 0.29) is 18.9 Å². The lowest BCUT2D eigenvalue weighted by molar-refractivity contribution is -0.258. The van der Waals surface area contributed by atoms with Crippen LogP contribution in [-0.4, -0.2) is 49.4 Å². The molecule has 8 nitrogen and oxygen atoms in total.